The quantitative estimate of drug-likeness (QED) is 0.646. The lowest BCUT2D eigenvalue weighted by Gasteiger charge is -2.06. The fourth-order valence-corrected chi connectivity index (χ4v) is 3.08. The average molecular weight is 345 g/mol. The third kappa shape index (κ3) is 3.55. The predicted octanol–water partition coefficient (Wildman–Crippen LogP) is 4.31. The van der Waals surface area contributed by atoms with Crippen molar-refractivity contribution in [1.82, 2.24) is 4.98 Å². The summed E-state index contributed by atoms with van der Waals surface area (Å²) >= 11 is 0. The molecule has 1 aliphatic rings. The summed E-state index contributed by atoms with van der Waals surface area (Å²) in [5.74, 6) is 2.56. The van der Waals surface area contributed by atoms with Crippen molar-refractivity contribution < 1.29 is 9.15 Å². The number of hydrogen-bond donors (Lipinski definition) is 1. The molecule has 1 N–H and O–H groups in total. The van der Waals surface area contributed by atoms with E-state index in [1.807, 2.05) is 48.5 Å². The standard InChI is InChI=1S/C21H19N3O2/c22-14-19-21(23-11-12-25-16-9-5-2-6-10-16)26-20(24-19)18-13-17(18)15-7-3-1-4-8-15/h1-10,17-18,23H,11-13H2/t17-,18-/m1/s1. The number of nitrogens with zero attached hydrogens (tertiary/aromatic N) is 2. The topological polar surface area (TPSA) is 71.1 Å². The second kappa shape index (κ2) is 7.32. The van der Waals surface area contributed by atoms with Crippen molar-refractivity contribution in [2.45, 2.75) is 18.3 Å². The van der Waals surface area contributed by atoms with Crippen LogP contribution in [0.25, 0.3) is 0 Å². The van der Waals surface area contributed by atoms with E-state index in [-0.39, 0.29) is 5.92 Å². The third-order valence-electron chi connectivity index (χ3n) is 4.48. The van der Waals surface area contributed by atoms with E-state index >= 15 is 0 Å². The molecule has 2 aromatic carbocycles. The van der Waals surface area contributed by atoms with E-state index in [4.69, 9.17) is 9.15 Å². The molecule has 1 aromatic heterocycles. The van der Waals surface area contributed by atoms with Gasteiger partial charge in [-0.05, 0) is 30.0 Å². The highest BCUT2D eigenvalue weighted by molar-refractivity contribution is 5.46. The smallest absolute Gasteiger partial charge is 0.232 e. The molecule has 0 unspecified atom stereocenters. The Morgan fingerprint density at radius 2 is 1.81 bits per heavy atom. The summed E-state index contributed by atoms with van der Waals surface area (Å²) in [6.45, 7) is 1.01. The summed E-state index contributed by atoms with van der Waals surface area (Å²) in [6, 6.07) is 22.1. The van der Waals surface area contributed by atoms with Crippen molar-refractivity contribution in [1.29, 1.82) is 5.26 Å². The Kier molecular flexibility index (Phi) is 4.57. The van der Waals surface area contributed by atoms with Crippen LogP contribution < -0.4 is 10.1 Å². The Hall–Kier alpha value is -3.26. The molecule has 5 nitrogen and oxygen atoms in total. The lowest BCUT2D eigenvalue weighted by Crippen LogP contribution is -2.11. The molecule has 0 aliphatic heterocycles. The van der Waals surface area contributed by atoms with Gasteiger partial charge in [-0.25, -0.2) is 4.98 Å². The number of para-hydroxylation sites is 1. The van der Waals surface area contributed by atoms with Crippen LogP contribution >= 0.6 is 0 Å². The Labute approximate surface area is 152 Å². The molecule has 26 heavy (non-hydrogen) atoms. The molecule has 4 rings (SSSR count). The largest absolute Gasteiger partial charge is 0.492 e. The summed E-state index contributed by atoms with van der Waals surface area (Å²) in [7, 11) is 0. The van der Waals surface area contributed by atoms with E-state index in [9.17, 15) is 5.26 Å². The van der Waals surface area contributed by atoms with Crippen LogP contribution in [0.2, 0.25) is 0 Å². The first-order valence-corrected chi connectivity index (χ1v) is 8.72. The number of rotatable bonds is 7. The van der Waals surface area contributed by atoms with Gasteiger partial charge in [0.05, 0.1) is 6.54 Å². The van der Waals surface area contributed by atoms with E-state index < -0.39 is 0 Å². The minimum absolute atomic E-state index is 0.251. The zero-order valence-electron chi connectivity index (χ0n) is 14.3. The summed E-state index contributed by atoms with van der Waals surface area (Å²) in [6.07, 6.45) is 1.01. The van der Waals surface area contributed by atoms with Gasteiger partial charge in [-0.1, -0.05) is 48.5 Å². The van der Waals surface area contributed by atoms with Crippen LogP contribution in [-0.4, -0.2) is 18.1 Å². The highest BCUT2D eigenvalue weighted by Gasteiger charge is 2.43. The Balaban J connectivity index is 1.35. The van der Waals surface area contributed by atoms with Gasteiger partial charge in [-0.2, -0.15) is 5.26 Å². The molecule has 2 atom stereocenters. The minimum atomic E-state index is 0.251. The SMILES string of the molecule is N#Cc1nc([C@@H]2C[C@@H]2c2ccccc2)oc1NCCOc1ccccc1. The number of oxazole rings is 1. The molecule has 0 spiro atoms. The molecule has 0 saturated heterocycles. The molecule has 1 aliphatic carbocycles. The molecule has 0 bridgehead atoms. The van der Waals surface area contributed by atoms with Gasteiger partial charge in [0, 0.05) is 5.92 Å². The van der Waals surface area contributed by atoms with Gasteiger partial charge >= 0.3 is 0 Å². The molecule has 5 heteroatoms. The Morgan fingerprint density at radius 3 is 2.54 bits per heavy atom. The van der Waals surface area contributed by atoms with Crippen LogP contribution in [0.3, 0.4) is 0 Å². The maximum Gasteiger partial charge on any atom is 0.232 e. The van der Waals surface area contributed by atoms with Crippen LogP contribution in [0.4, 0.5) is 5.88 Å². The summed E-state index contributed by atoms with van der Waals surface area (Å²) in [4.78, 5) is 4.37. The number of ether oxygens (including phenoxy) is 1. The lowest BCUT2D eigenvalue weighted by molar-refractivity contribution is 0.331. The molecule has 1 saturated carbocycles. The normalized spacial score (nSPS) is 18.1. The van der Waals surface area contributed by atoms with Gasteiger partial charge in [-0.3, -0.25) is 0 Å². The number of hydrogen-bond acceptors (Lipinski definition) is 5. The molecule has 1 fully saturated rings. The number of anilines is 1. The monoisotopic (exact) mass is 345 g/mol. The van der Waals surface area contributed by atoms with E-state index in [2.05, 4.69) is 28.5 Å². The number of aromatic nitrogens is 1. The zero-order chi connectivity index (χ0) is 17.8. The van der Waals surface area contributed by atoms with Crippen molar-refractivity contribution >= 4 is 5.88 Å². The second-order valence-electron chi connectivity index (χ2n) is 6.29. The first kappa shape index (κ1) is 16.2. The fourth-order valence-electron chi connectivity index (χ4n) is 3.08. The van der Waals surface area contributed by atoms with Gasteiger partial charge in [0.1, 0.15) is 18.4 Å². The minimum Gasteiger partial charge on any atom is -0.492 e. The predicted molar refractivity (Wildman–Crippen MR) is 98.2 cm³/mol. The van der Waals surface area contributed by atoms with Crippen LogP contribution in [-0.2, 0) is 0 Å². The number of nitriles is 1. The molecule has 130 valence electrons. The Morgan fingerprint density at radius 1 is 1.08 bits per heavy atom. The first-order chi connectivity index (χ1) is 12.8. The van der Waals surface area contributed by atoms with Gasteiger partial charge in [-0.15, -0.1) is 0 Å². The second-order valence-corrected chi connectivity index (χ2v) is 6.29. The molecule has 0 amide bonds. The van der Waals surface area contributed by atoms with E-state index in [0.717, 1.165) is 12.2 Å². The van der Waals surface area contributed by atoms with Crippen molar-refractivity contribution in [2.24, 2.45) is 0 Å². The van der Waals surface area contributed by atoms with Gasteiger partial charge in [0.15, 0.2) is 0 Å². The van der Waals surface area contributed by atoms with Crippen LogP contribution in [0.15, 0.2) is 65.1 Å². The van der Waals surface area contributed by atoms with Crippen LogP contribution in [0.1, 0.15) is 35.4 Å². The molecular weight excluding hydrogens is 326 g/mol. The van der Waals surface area contributed by atoms with E-state index in [1.165, 1.54) is 5.56 Å². The van der Waals surface area contributed by atoms with Crippen molar-refractivity contribution in [3.05, 3.63) is 77.8 Å². The third-order valence-corrected chi connectivity index (χ3v) is 4.48. The fraction of sp³-hybridized carbons (Fsp3) is 0.238. The van der Waals surface area contributed by atoms with Gasteiger partial charge < -0.3 is 14.5 Å². The first-order valence-electron chi connectivity index (χ1n) is 8.72. The highest BCUT2D eigenvalue weighted by atomic mass is 16.5. The molecule has 3 aromatic rings. The van der Waals surface area contributed by atoms with Crippen LogP contribution in [0, 0.1) is 11.3 Å². The molecular formula is C21H19N3O2. The molecule has 0 radical (unpaired) electrons. The summed E-state index contributed by atoms with van der Waals surface area (Å²) in [5, 5.41) is 12.4. The number of benzene rings is 2. The zero-order valence-corrected chi connectivity index (χ0v) is 14.3. The summed E-state index contributed by atoms with van der Waals surface area (Å²) in [5.41, 5.74) is 1.60. The number of nitrogens with one attached hydrogen (secondary N) is 1. The van der Waals surface area contributed by atoms with Gasteiger partial charge in [0.2, 0.25) is 17.5 Å². The Bertz CT molecular complexity index is 900. The van der Waals surface area contributed by atoms with Crippen molar-refractivity contribution in [2.75, 3.05) is 18.5 Å². The lowest BCUT2D eigenvalue weighted by atomic mass is 10.1. The van der Waals surface area contributed by atoms with Gasteiger partial charge in [0.25, 0.3) is 0 Å². The maximum absolute atomic E-state index is 9.31. The van der Waals surface area contributed by atoms with Crippen molar-refractivity contribution in [3.63, 3.8) is 0 Å². The molecule has 1 heterocycles. The van der Waals surface area contributed by atoms with E-state index in [0.29, 0.717) is 36.5 Å². The average Bonchev–Trinajstić information content (AvgIpc) is 3.40. The highest BCUT2D eigenvalue weighted by Crippen LogP contribution is 2.54. The van der Waals surface area contributed by atoms with Crippen LogP contribution in [0.5, 0.6) is 5.75 Å². The van der Waals surface area contributed by atoms with Crippen molar-refractivity contribution in [3.8, 4) is 11.8 Å². The maximum atomic E-state index is 9.31. The van der Waals surface area contributed by atoms with E-state index in [1.54, 1.807) is 0 Å². The summed E-state index contributed by atoms with van der Waals surface area (Å²) < 4.78 is 11.5.